The number of aromatic nitrogens is 2. The number of ether oxygens (including phenoxy) is 4. The number of nitrogens with one attached hydrogen (secondary N) is 1. The van der Waals surface area contributed by atoms with Gasteiger partial charge in [0, 0.05) is 18.0 Å². The van der Waals surface area contributed by atoms with Crippen molar-refractivity contribution in [3.05, 3.63) is 53.9 Å². The summed E-state index contributed by atoms with van der Waals surface area (Å²) in [5, 5.41) is 14.0. The minimum absolute atomic E-state index is 0.00589. The number of rotatable bonds is 9. The van der Waals surface area contributed by atoms with E-state index in [0.717, 1.165) is 48.0 Å². The summed E-state index contributed by atoms with van der Waals surface area (Å²) in [6, 6.07) is 11.8. The van der Waals surface area contributed by atoms with Crippen LogP contribution in [0.4, 0.5) is 0 Å². The molecular weight excluding hydrogens is 462 g/mol. The molecule has 4 heterocycles. The molecule has 9 nitrogen and oxygen atoms in total. The minimum atomic E-state index is -0.864. The summed E-state index contributed by atoms with van der Waals surface area (Å²) in [5.41, 5.74) is 2.93. The number of pyridine rings is 2. The van der Waals surface area contributed by atoms with E-state index < -0.39 is 12.1 Å². The van der Waals surface area contributed by atoms with Gasteiger partial charge in [0.05, 0.1) is 43.1 Å². The number of hydrogen-bond acceptors (Lipinski definition) is 8. The summed E-state index contributed by atoms with van der Waals surface area (Å²) in [6.45, 7) is 1.50. The predicted octanol–water partition coefficient (Wildman–Crippen LogP) is 3.52. The molecule has 5 rings (SSSR count). The van der Waals surface area contributed by atoms with E-state index in [1.807, 2.05) is 30.3 Å². The summed E-state index contributed by atoms with van der Waals surface area (Å²) in [6.07, 6.45) is 4.57. The largest absolute Gasteiger partial charge is 0.495 e. The van der Waals surface area contributed by atoms with Gasteiger partial charge in [-0.2, -0.15) is 0 Å². The Kier molecular flexibility index (Phi) is 7.48. The Morgan fingerprint density at radius 1 is 1.19 bits per heavy atom. The second-order valence-corrected chi connectivity index (χ2v) is 9.16. The van der Waals surface area contributed by atoms with Crippen LogP contribution in [0.3, 0.4) is 0 Å². The Hall–Kier alpha value is -3.43. The Bertz CT molecular complexity index is 1220. The Morgan fingerprint density at radius 3 is 2.94 bits per heavy atom. The highest BCUT2D eigenvalue weighted by atomic mass is 16.6. The summed E-state index contributed by atoms with van der Waals surface area (Å²) < 4.78 is 22.8. The average Bonchev–Trinajstić information content (AvgIpc) is 2.90. The first kappa shape index (κ1) is 24.3. The standard InChI is InChI=1S/C27H31N3O6/c1-33-20-13-21-17(3-2-4-22(21)29-16-20)5-7-19-8-9-23(25(36-19)14-26(31)32)28-15-18-6-10-24-27(30-18)35-12-11-34-24/h2-4,6,10,13,16,19,23,25,28H,5,7-9,11-12,14-15H2,1H3,(H,31,32)/t19-,23-,25-/m1/s1. The van der Waals surface area contributed by atoms with E-state index in [1.54, 1.807) is 13.3 Å². The number of aliphatic carboxylic acids is 1. The highest BCUT2D eigenvalue weighted by Gasteiger charge is 2.32. The molecule has 0 bridgehead atoms. The molecule has 1 saturated heterocycles. The minimum Gasteiger partial charge on any atom is -0.495 e. The van der Waals surface area contributed by atoms with Gasteiger partial charge in [0.25, 0.3) is 5.88 Å². The van der Waals surface area contributed by atoms with Crippen molar-refractivity contribution in [3.8, 4) is 17.4 Å². The molecule has 3 aromatic rings. The van der Waals surface area contributed by atoms with E-state index >= 15 is 0 Å². The molecule has 0 radical (unpaired) electrons. The number of aryl methyl sites for hydroxylation is 1. The number of methoxy groups -OCH3 is 1. The molecule has 1 fully saturated rings. The molecule has 2 aliphatic rings. The smallest absolute Gasteiger partial charge is 0.306 e. The Morgan fingerprint density at radius 2 is 2.08 bits per heavy atom. The van der Waals surface area contributed by atoms with Crippen LogP contribution in [0.2, 0.25) is 0 Å². The Labute approximate surface area is 209 Å². The van der Waals surface area contributed by atoms with Crippen LogP contribution in [-0.4, -0.2) is 59.6 Å². The number of fused-ring (bicyclic) bond motifs is 2. The molecule has 1 aromatic carbocycles. The van der Waals surface area contributed by atoms with Gasteiger partial charge < -0.3 is 29.4 Å². The van der Waals surface area contributed by atoms with Crippen LogP contribution < -0.4 is 19.5 Å². The SMILES string of the molecule is COc1cnc2cccc(CC[C@@H]3CC[C@@H](NCc4ccc5c(n4)OCCO5)[C@@H](CC(=O)O)O3)c2c1. The lowest BCUT2D eigenvalue weighted by Gasteiger charge is -2.36. The first-order valence-corrected chi connectivity index (χ1v) is 12.4. The normalized spacial score (nSPS) is 21.3. The summed E-state index contributed by atoms with van der Waals surface area (Å²) in [4.78, 5) is 20.6. The van der Waals surface area contributed by atoms with Gasteiger partial charge in [0.2, 0.25) is 0 Å². The molecule has 190 valence electrons. The van der Waals surface area contributed by atoms with Crippen molar-refractivity contribution in [2.24, 2.45) is 0 Å². The topological polar surface area (TPSA) is 112 Å². The van der Waals surface area contributed by atoms with Gasteiger partial charge in [0.1, 0.15) is 19.0 Å². The molecule has 0 spiro atoms. The lowest BCUT2D eigenvalue weighted by molar-refractivity contribution is -0.145. The van der Waals surface area contributed by atoms with Gasteiger partial charge in [-0.15, -0.1) is 0 Å². The fourth-order valence-corrected chi connectivity index (χ4v) is 4.91. The monoisotopic (exact) mass is 493 g/mol. The first-order chi connectivity index (χ1) is 17.6. The van der Waals surface area contributed by atoms with Crippen molar-refractivity contribution in [2.75, 3.05) is 20.3 Å². The van der Waals surface area contributed by atoms with Crippen LogP contribution in [-0.2, 0) is 22.5 Å². The maximum absolute atomic E-state index is 11.6. The number of hydrogen-bond donors (Lipinski definition) is 2. The highest BCUT2D eigenvalue weighted by Crippen LogP contribution is 2.29. The molecule has 9 heteroatoms. The number of carbonyl (C=O) groups is 1. The number of carboxylic acid groups (broad SMARTS) is 1. The summed E-state index contributed by atoms with van der Waals surface area (Å²) in [7, 11) is 1.64. The zero-order chi connectivity index (χ0) is 24.9. The van der Waals surface area contributed by atoms with E-state index in [4.69, 9.17) is 18.9 Å². The summed E-state index contributed by atoms with van der Waals surface area (Å²) >= 11 is 0. The average molecular weight is 494 g/mol. The van der Waals surface area contributed by atoms with Gasteiger partial charge in [-0.25, -0.2) is 4.98 Å². The maximum atomic E-state index is 11.6. The van der Waals surface area contributed by atoms with E-state index in [2.05, 4.69) is 21.4 Å². The van der Waals surface area contributed by atoms with Crippen molar-refractivity contribution in [3.63, 3.8) is 0 Å². The number of nitrogens with zero attached hydrogens (tertiary/aromatic N) is 2. The van der Waals surface area contributed by atoms with Gasteiger partial charge in [-0.3, -0.25) is 9.78 Å². The third kappa shape index (κ3) is 5.68. The molecule has 0 saturated carbocycles. The van der Waals surface area contributed by atoms with Crippen LogP contribution in [0.5, 0.6) is 17.4 Å². The zero-order valence-electron chi connectivity index (χ0n) is 20.3. The molecule has 0 unspecified atom stereocenters. The van der Waals surface area contributed by atoms with Crippen LogP contribution in [0.25, 0.3) is 10.9 Å². The van der Waals surface area contributed by atoms with Crippen LogP contribution >= 0.6 is 0 Å². The lowest BCUT2D eigenvalue weighted by atomic mass is 9.92. The summed E-state index contributed by atoms with van der Waals surface area (Å²) in [5.74, 6) is 1.02. The van der Waals surface area contributed by atoms with E-state index in [1.165, 1.54) is 5.56 Å². The third-order valence-corrected chi connectivity index (χ3v) is 6.76. The van der Waals surface area contributed by atoms with Crippen LogP contribution in [0.15, 0.2) is 42.6 Å². The molecule has 0 amide bonds. The fraction of sp³-hybridized carbons (Fsp3) is 0.444. The van der Waals surface area contributed by atoms with Crippen LogP contribution in [0, 0.1) is 0 Å². The van der Waals surface area contributed by atoms with Gasteiger partial charge in [-0.1, -0.05) is 12.1 Å². The fourth-order valence-electron chi connectivity index (χ4n) is 4.91. The second kappa shape index (κ2) is 11.1. The van der Waals surface area contributed by atoms with Gasteiger partial charge >= 0.3 is 5.97 Å². The van der Waals surface area contributed by atoms with Crippen molar-refractivity contribution in [1.29, 1.82) is 0 Å². The van der Waals surface area contributed by atoms with E-state index in [0.29, 0.717) is 31.4 Å². The molecule has 2 N–H and O–H groups in total. The lowest BCUT2D eigenvalue weighted by Crippen LogP contribution is -2.48. The molecule has 3 atom stereocenters. The quantitative estimate of drug-likeness (QED) is 0.462. The predicted molar refractivity (Wildman–Crippen MR) is 133 cm³/mol. The van der Waals surface area contributed by atoms with E-state index in [9.17, 15) is 9.90 Å². The zero-order valence-corrected chi connectivity index (χ0v) is 20.3. The molecule has 36 heavy (non-hydrogen) atoms. The van der Waals surface area contributed by atoms with E-state index in [-0.39, 0.29) is 18.6 Å². The van der Waals surface area contributed by atoms with Crippen LogP contribution in [0.1, 0.15) is 36.9 Å². The molecule has 2 aromatic heterocycles. The Balaban J connectivity index is 1.21. The highest BCUT2D eigenvalue weighted by molar-refractivity contribution is 5.83. The van der Waals surface area contributed by atoms with Gasteiger partial charge in [-0.05, 0) is 55.5 Å². The molecule has 2 aliphatic heterocycles. The van der Waals surface area contributed by atoms with Crippen molar-refractivity contribution in [1.82, 2.24) is 15.3 Å². The second-order valence-electron chi connectivity index (χ2n) is 9.16. The van der Waals surface area contributed by atoms with Crippen molar-refractivity contribution >= 4 is 16.9 Å². The third-order valence-electron chi connectivity index (χ3n) is 6.76. The van der Waals surface area contributed by atoms with Crippen molar-refractivity contribution < 1.29 is 28.8 Å². The number of benzene rings is 1. The van der Waals surface area contributed by atoms with Gasteiger partial charge in [0.15, 0.2) is 5.75 Å². The number of carboxylic acids is 1. The maximum Gasteiger partial charge on any atom is 0.306 e. The molecule has 0 aliphatic carbocycles. The molecular formula is C27H31N3O6. The van der Waals surface area contributed by atoms with Crippen molar-refractivity contribution in [2.45, 2.75) is 56.9 Å². The first-order valence-electron chi connectivity index (χ1n) is 12.4.